The van der Waals surface area contributed by atoms with Crippen molar-refractivity contribution >= 4 is 28.6 Å². The van der Waals surface area contributed by atoms with E-state index in [0.29, 0.717) is 13.1 Å². The SMILES string of the molecule is CC(C)(C)OC(=O)N1CCCC(NC(=O)Nc2cccc3cnccc23)C1. The van der Waals surface area contributed by atoms with Gasteiger partial charge in [0, 0.05) is 42.3 Å². The van der Waals surface area contributed by atoms with Crippen molar-refractivity contribution in [2.45, 2.75) is 45.3 Å². The third-order valence-electron chi connectivity index (χ3n) is 4.34. The molecule has 0 saturated carbocycles. The number of piperidine rings is 1. The number of hydrogen-bond acceptors (Lipinski definition) is 4. The van der Waals surface area contributed by atoms with Gasteiger partial charge in [-0.1, -0.05) is 12.1 Å². The molecular formula is C20H26N4O3. The Bertz CT molecular complexity index is 826. The van der Waals surface area contributed by atoms with Crippen LogP contribution in [0.25, 0.3) is 10.8 Å². The first kappa shape index (κ1) is 18.9. The highest BCUT2D eigenvalue weighted by Gasteiger charge is 2.28. The molecule has 3 rings (SSSR count). The third-order valence-corrected chi connectivity index (χ3v) is 4.34. The van der Waals surface area contributed by atoms with E-state index in [4.69, 9.17) is 4.74 Å². The van der Waals surface area contributed by atoms with Crippen LogP contribution in [0.4, 0.5) is 15.3 Å². The monoisotopic (exact) mass is 370 g/mol. The van der Waals surface area contributed by atoms with Crippen molar-refractivity contribution < 1.29 is 14.3 Å². The van der Waals surface area contributed by atoms with Gasteiger partial charge in [0.2, 0.25) is 0 Å². The largest absolute Gasteiger partial charge is 0.444 e. The molecule has 2 aromatic rings. The van der Waals surface area contributed by atoms with Crippen LogP contribution in [0, 0.1) is 0 Å². The van der Waals surface area contributed by atoms with E-state index in [2.05, 4.69) is 15.6 Å². The van der Waals surface area contributed by atoms with Crippen LogP contribution in [0.1, 0.15) is 33.6 Å². The summed E-state index contributed by atoms with van der Waals surface area (Å²) in [6.45, 7) is 6.63. The van der Waals surface area contributed by atoms with E-state index in [-0.39, 0.29) is 18.2 Å². The maximum atomic E-state index is 12.5. The lowest BCUT2D eigenvalue weighted by Gasteiger charge is -2.34. The molecule has 7 heteroatoms. The predicted octanol–water partition coefficient (Wildman–Crippen LogP) is 3.76. The molecule has 1 saturated heterocycles. The van der Waals surface area contributed by atoms with Crippen molar-refractivity contribution in [3.63, 3.8) is 0 Å². The van der Waals surface area contributed by atoms with Gasteiger partial charge in [0.25, 0.3) is 0 Å². The topological polar surface area (TPSA) is 83.6 Å². The molecule has 0 spiro atoms. The van der Waals surface area contributed by atoms with Crippen LogP contribution in [0.15, 0.2) is 36.7 Å². The Hall–Kier alpha value is -2.83. The molecule has 7 nitrogen and oxygen atoms in total. The smallest absolute Gasteiger partial charge is 0.410 e. The van der Waals surface area contributed by atoms with Crippen LogP contribution in [-0.4, -0.2) is 46.7 Å². The first-order valence-corrected chi connectivity index (χ1v) is 9.20. The fourth-order valence-corrected chi connectivity index (χ4v) is 3.16. The number of anilines is 1. The van der Waals surface area contributed by atoms with Gasteiger partial charge in [-0.25, -0.2) is 9.59 Å². The summed E-state index contributed by atoms with van der Waals surface area (Å²) in [6, 6.07) is 7.17. The summed E-state index contributed by atoms with van der Waals surface area (Å²) in [5.41, 5.74) is 0.199. The minimum absolute atomic E-state index is 0.108. The number of urea groups is 1. The average Bonchev–Trinajstić information content (AvgIpc) is 2.61. The highest BCUT2D eigenvalue weighted by atomic mass is 16.6. The molecule has 0 bridgehead atoms. The molecule has 3 amide bonds. The number of aromatic nitrogens is 1. The molecule has 0 aliphatic carbocycles. The summed E-state index contributed by atoms with van der Waals surface area (Å²) in [5, 5.41) is 7.76. The second-order valence-corrected chi connectivity index (χ2v) is 7.77. The lowest BCUT2D eigenvalue weighted by Crippen LogP contribution is -2.51. The molecular weight excluding hydrogens is 344 g/mol. The number of nitrogens with zero attached hydrogens (tertiary/aromatic N) is 2. The Kier molecular flexibility index (Phi) is 5.48. The van der Waals surface area contributed by atoms with E-state index in [1.54, 1.807) is 17.3 Å². The molecule has 144 valence electrons. The highest BCUT2D eigenvalue weighted by Crippen LogP contribution is 2.22. The number of benzene rings is 1. The number of fused-ring (bicyclic) bond motifs is 1. The summed E-state index contributed by atoms with van der Waals surface area (Å²) >= 11 is 0. The second-order valence-electron chi connectivity index (χ2n) is 7.77. The number of hydrogen-bond donors (Lipinski definition) is 2. The fourth-order valence-electron chi connectivity index (χ4n) is 3.16. The second kappa shape index (κ2) is 7.82. The molecule has 0 radical (unpaired) electrons. The van der Waals surface area contributed by atoms with Crippen molar-refractivity contribution in [2.75, 3.05) is 18.4 Å². The normalized spacial score (nSPS) is 17.4. The Morgan fingerprint density at radius 1 is 1.26 bits per heavy atom. The maximum absolute atomic E-state index is 12.5. The van der Waals surface area contributed by atoms with Crippen LogP contribution in [0.3, 0.4) is 0 Å². The number of ether oxygens (including phenoxy) is 1. The van der Waals surface area contributed by atoms with Crippen molar-refractivity contribution in [2.24, 2.45) is 0 Å². The average molecular weight is 370 g/mol. The highest BCUT2D eigenvalue weighted by molar-refractivity contribution is 6.01. The summed E-state index contributed by atoms with van der Waals surface area (Å²) in [4.78, 5) is 30.5. The number of amides is 3. The van der Waals surface area contributed by atoms with Crippen LogP contribution in [0.5, 0.6) is 0 Å². The molecule has 1 fully saturated rings. The number of nitrogens with one attached hydrogen (secondary N) is 2. The minimum atomic E-state index is -0.530. The summed E-state index contributed by atoms with van der Waals surface area (Å²) in [6.07, 6.45) is 4.77. The van der Waals surface area contributed by atoms with Crippen molar-refractivity contribution in [1.82, 2.24) is 15.2 Å². The van der Waals surface area contributed by atoms with Gasteiger partial charge in [-0.15, -0.1) is 0 Å². The molecule has 2 heterocycles. The quantitative estimate of drug-likeness (QED) is 0.843. The molecule has 27 heavy (non-hydrogen) atoms. The van der Waals surface area contributed by atoms with E-state index in [1.807, 2.05) is 45.0 Å². The van der Waals surface area contributed by atoms with Gasteiger partial charge in [0.05, 0.1) is 5.69 Å². The molecule has 2 N–H and O–H groups in total. The van der Waals surface area contributed by atoms with Gasteiger partial charge in [0.15, 0.2) is 0 Å². The van der Waals surface area contributed by atoms with Gasteiger partial charge in [0.1, 0.15) is 5.60 Å². The molecule has 1 aliphatic rings. The lowest BCUT2D eigenvalue weighted by atomic mass is 10.1. The van der Waals surface area contributed by atoms with E-state index in [1.165, 1.54) is 0 Å². The molecule has 1 aromatic heterocycles. The van der Waals surface area contributed by atoms with Crippen molar-refractivity contribution in [3.8, 4) is 0 Å². The van der Waals surface area contributed by atoms with Gasteiger partial charge < -0.3 is 20.3 Å². The number of rotatable bonds is 2. The van der Waals surface area contributed by atoms with Gasteiger partial charge >= 0.3 is 12.1 Å². The number of carbonyl (C=O) groups excluding carboxylic acids is 2. The Labute approximate surface area is 159 Å². The van der Waals surface area contributed by atoms with Crippen LogP contribution < -0.4 is 10.6 Å². The molecule has 1 aliphatic heterocycles. The number of likely N-dealkylation sites (tertiary alicyclic amines) is 1. The van der Waals surface area contributed by atoms with E-state index in [9.17, 15) is 9.59 Å². The number of pyridine rings is 1. The fraction of sp³-hybridized carbons (Fsp3) is 0.450. The van der Waals surface area contributed by atoms with Crippen LogP contribution >= 0.6 is 0 Å². The number of carbonyl (C=O) groups is 2. The molecule has 1 aromatic carbocycles. The predicted molar refractivity (Wildman–Crippen MR) is 105 cm³/mol. The summed E-state index contributed by atoms with van der Waals surface area (Å²) in [7, 11) is 0. The van der Waals surface area contributed by atoms with Gasteiger partial charge in [-0.3, -0.25) is 4.98 Å². The first-order chi connectivity index (χ1) is 12.8. The van der Waals surface area contributed by atoms with Crippen LogP contribution in [-0.2, 0) is 4.74 Å². The Balaban J connectivity index is 1.59. The van der Waals surface area contributed by atoms with Crippen LogP contribution in [0.2, 0.25) is 0 Å². The standard InChI is InChI=1S/C20H26N4O3/c1-20(2,3)27-19(26)24-11-5-7-15(13-24)22-18(25)23-17-8-4-6-14-12-21-10-9-16(14)17/h4,6,8-10,12,15H,5,7,11,13H2,1-3H3,(H2,22,23,25). The zero-order valence-corrected chi connectivity index (χ0v) is 16.0. The maximum Gasteiger partial charge on any atom is 0.410 e. The summed E-state index contributed by atoms with van der Waals surface area (Å²) < 4.78 is 5.43. The van der Waals surface area contributed by atoms with Crippen molar-refractivity contribution in [3.05, 3.63) is 36.7 Å². The first-order valence-electron chi connectivity index (χ1n) is 9.20. The van der Waals surface area contributed by atoms with E-state index < -0.39 is 5.60 Å². The third kappa shape index (κ3) is 5.09. The lowest BCUT2D eigenvalue weighted by molar-refractivity contribution is 0.0191. The van der Waals surface area contributed by atoms with Gasteiger partial charge in [-0.05, 0) is 45.7 Å². The zero-order valence-electron chi connectivity index (χ0n) is 16.0. The van der Waals surface area contributed by atoms with Gasteiger partial charge in [-0.2, -0.15) is 0 Å². The Morgan fingerprint density at radius 2 is 2.07 bits per heavy atom. The van der Waals surface area contributed by atoms with E-state index in [0.717, 1.165) is 29.3 Å². The molecule has 1 atom stereocenters. The zero-order chi connectivity index (χ0) is 19.4. The Morgan fingerprint density at radius 3 is 2.85 bits per heavy atom. The summed E-state index contributed by atoms with van der Waals surface area (Å²) in [5.74, 6) is 0. The minimum Gasteiger partial charge on any atom is -0.444 e. The van der Waals surface area contributed by atoms with Crippen molar-refractivity contribution in [1.29, 1.82) is 0 Å². The van der Waals surface area contributed by atoms with E-state index >= 15 is 0 Å². The molecule has 1 unspecified atom stereocenters.